The molecular weight excluding hydrogens is 184 g/mol. The molecule has 0 saturated carbocycles. The van der Waals surface area contributed by atoms with Crippen LogP contribution in [0.2, 0.25) is 0 Å². The highest BCUT2D eigenvalue weighted by molar-refractivity contribution is 5.81. The van der Waals surface area contributed by atoms with E-state index in [2.05, 4.69) is 10.6 Å². The first-order valence-corrected chi connectivity index (χ1v) is 4.92. The molecule has 0 aromatic rings. The molecule has 1 fully saturated rings. The zero-order valence-electron chi connectivity index (χ0n) is 8.54. The summed E-state index contributed by atoms with van der Waals surface area (Å²) in [5.41, 5.74) is 0. The van der Waals surface area contributed by atoms with Crippen molar-refractivity contribution in [3.8, 4) is 0 Å². The first-order chi connectivity index (χ1) is 6.84. The van der Waals surface area contributed by atoms with Crippen molar-refractivity contribution in [1.82, 2.24) is 10.6 Å². The lowest BCUT2D eigenvalue weighted by molar-refractivity contribution is -0.125. The average Bonchev–Trinajstić information content (AvgIpc) is 2.25. The Labute approximate surface area is 84.1 Å². The maximum Gasteiger partial charge on any atom is 0.239 e. The molecule has 5 heteroatoms. The summed E-state index contributed by atoms with van der Waals surface area (Å²) in [5, 5.41) is 5.92. The van der Waals surface area contributed by atoms with Crippen molar-refractivity contribution in [2.45, 2.75) is 12.5 Å². The summed E-state index contributed by atoms with van der Waals surface area (Å²) in [5.74, 6) is 0.0146. The number of carbonyl (C=O) groups excluding carboxylic acids is 1. The second-order valence-electron chi connectivity index (χ2n) is 3.22. The lowest BCUT2D eigenvalue weighted by Gasteiger charge is -2.22. The number of hydrogen-bond acceptors (Lipinski definition) is 4. The van der Waals surface area contributed by atoms with Crippen LogP contribution in [0.15, 0.2) is 0 Å². The minimum atomic E-state index is -0.189. The van der Waals surface area contributed by atoms with Crippen molar-refractivity contribution in [1.29, 1.82) is 0 Å². The second-order valence-corrected chi connectivity index (χ2v) is 3.22. The number of methoxy groups -OCH3 is 1. The minimum Gasteiger partial charge on any atom is -0.385 e. The predicted octanol–water partition coefficient (Wildman–Crippen LogP) is -0.872. The molecule has 0 aliphatic carbocycles. The Morgan fingerprint density at radius 3 is 3.21 bits per heavy atom. The first-order valence-electron chi connectivity index (χ1n) is 4.92. The van der Waals surface area contributed by atoms with Gasteiger partial charge in [-0.3, -0.25) is 4.79 Å². The van der Waals surface area contributed by atoms with Crippen LogP contribution < -0.4 is 10.6 Å². The normalized spacial score (nSPS) is 21.9. The van der Waals surface area contributed by atoms with E-state index in [0.29, 0.717) is 26.4 Å². The fourth-order valence-electron chi connectivity index (χ4n) is 1.29. The lowest BCUT2D eigenvalue weighted by atomic mass is 10.2. The van der Waals surface area contributed by atoms with E-state index in [9.17, 15) is 4.79 Å². The standard InChI is InChI=1S/C9H18N2O3/c1-13-5-2-3-11-9(12)8-7-14-6-4-10-8/h8,10H,2-7H2,1H3,(H,11,12). The molecule has 1 aliphatic heterocycles. The van der Waals surface area contributed by atoms with E-state index in [1.165, 1.54) is 0 Å². The van der Waals surface area contributed by atoms with Gasteiger partial charge in [-0.05, 0) is 6.42 Å². The lowest BCUT2D eigenvalue weighted by Crippen LogP contribution is -2.51. The Morgan fingerprint density at radius 1 is 1.71 bits per heavy atom. The van der Waals surface area contributed by atoms with Gasteiger partial charge in [-0.2, -0.15) is 0 Å². The molecule has 14 heavy (non-hydrogen) atoms. The number of nitrogens with one attached hydrogen (secondary N) is 2. The van der Waals surface area contributed by atoms with Gasteiger partial charge >= 0.3 is 0 Å². The predicted molar refractivity (Wildman–Crippen MR) is 52.1 cm³/mol. The molecule has 0 bridgehead atoms. The van der Waals surface area contributed by atoms with Gasteiger partial charge in [0.2, 0.25) is 5.91 Å². The van der Waals surface area contributed by atoms with Crippen molar-refractivity contribution in [2.75, 3.05) is 40.0 Å². The summed E-state index contributed by atoms with van der Waals surface area (Å²) in [4.78, 5) is 11.5. The summed E-state index contributed by atoms with van der Waals surface area (Å²) in [6.07, 6.45) is 0.843. The summed E-state index contributed by atoms with van der Waals surface area (Å²) in [6.45, 7) is 3.24. The van der Waals surface area contributed by atoms with Crippen molar-refractivity contribution >= 4 is 5.91 Å². The zero-order valence-corrected chi connectivity index (χ0v) is 8.54. The Balaban J connectivity index is 2.07. The summed E-state index contributed by atoms with van der Waals surface area (Å²) < 4.78 is 10.1. The van der Waals surface area contributed by atoms with E-state index >= 15 is 0 Å². The van der Waals surface area contributed by atoms with Crippen molar-refractivity contribution in [3.63, 3.8) is 0 Å². The highest BCUT2D eigenvalue weighted by atomic mass is 16.5. The highest BCUT2D eigenvalue weighted by Crippen LogP contribution is 1.92. The van der Waals surface area contributed by atoms with Crippen LogP contribution in [0, 0.1) is 0 Å². The van der Waals surface area contributed by atoms with Crippen LogP contribution in [0.25, 0.3) is 0 Å². The molecule has 1 heterocycles. The van der Waals surface area contributed by atoms with E-state index in [0.717, 1.165) is 13.0 Å². The zero-order chi connectivity index (χ0) is 10.2. The highest BCUT2D eigenvalue weighted by Gasteiger charge is 2.20. The maximum atomic E-state index is 11.5. The topological polar surface area (TPSA) is 59.6 Å². The number of carbonyl (C=O) groups is 1. The number of morpholine rings is 1. The summed E-state index contributed by atoms with van der Waals surface area (Å²) in [6, 6.07) is -0.189. The molecule has 82 valence electrons. The Hall–Kier alpha value is -0.650. The molecule has 1 atom stereocenters. The summed E-state index contributed by atoms with van der Waals surface area (Å²) in [7, 11) is 1.65. The quantitative estimate of drug-likeness (QED) is 0.569. The third-order valence-electron chi connectivity index (χ3n) is 2.06. The smallest absolute Gasteiger partial charge is 0.239 e. The van der Waals surface area contributed by atoms with Crippen molar-refractivity contribution < 1.29 is 14.3 Å². The minimum absolute atomic E-state index is 0.0146. The molecule has 1 saturated heterocycles. The molecule has 1 unspecified atom stereocenters. The molecular formula is C9H18N2O3. The Kier molecular flexibility index (Phi) is 5.51. The molecule has 1 aliphatic rings. The second kappa shape index (κ2) is 6.75. The van der Waals surface area contributed by atoms with Crippen LogP contribution in [0.4, 0.5) is 0 Å². The van der Waals surface area contributed by atoms with Crippen LogP contribution >= 0.6 is 0 Å². The van der Waals surface area contributed by atoms with Crippen LogP contribution in [0.5, 0.6) is 0 Å². The van der Waals surface area contributed by atoms with Gasteiger partial charge in [-0.1, -0.05) is 0 Å². The first kappa shape index (κ1) is 11.4. The summed E-state index contributed by atoms with van der Waals surface area (Å²) >= 11 is 0. The van der Waals surface area contributed by atoms with Crippen molar-refractivity contribution in [2.24, 2.45) is 0 Å². The van der Waals surface area contributed by atoms with E-state index < -0.39 is 0 Å². The number of rotatable bonds is 5. The molecule has 0 radical (unpaired) electrons. The number of ether oxygens (including phenoxy) is 2. The monoisotopic (exact) mass is 202 g/mol. The SMILES string of the molecule is COCCCNC(=O)C1COCCN1. The van der Waals surface area contributed by atoms with E-state index in [1.54, 1.807) is 7.11 Å². The fourth-order valence-corrected chi connectivity index (χ4v) is 1.29. The number of amides is 1. The molecule has 2 N–H and O–H groups in total. The molecule has 1 amide bonds. The molecule has 1 rings (SSSR count). The van der Waals surface area contributed by atoms with Gasteiger partial charge in [-0.15, -0.1) is 0 Å². The van der Waals surface area contributed by atoms with Crippen LogP contribution in [0.3, 0.4) is 0 Å². The molecule has 0 spiro atoms. The van der Waals surface area contributed by atoms with Crippen LogP contribution in [0.1, 0.15) is 6.42 Å². The van der Waals surface area contributed by atoms with Gasteiger partial charge in [0, 0.05) is 26.8 Å². The van der Waals surface area contributed by atoms with Crippen LogP contribution in [-0.4, -0.2) is 52.0 Å². The fraction of sp³-hybridized carbons (Fsp3) is 0.889. The largest absolute Gasteiger partial charge is 0.385 e. The van der Waals surface area contributed by atoms with Gasteiger partial charge in [0.1, 0.15) is 6.04 Å². The van der Waals surface area contributed by atoms with E-state index in [-0.39, 0.29) is 11.9 Å². The van der Waals surface area contributed by atoms with Crippen LogP contribution in [-0.2, 0) is 14.3 Å². The average molecular weight is 202 g/mol. The molecule has 0 aromatic heterocycles. The van der Waals surface area contributed by atoms with Crippen molar-refractivity contribution in [3.05, 3.63) is 0 Å². The molecule has 0 aromatic carbocycles. The van der Waals surface area contributed by atoms with E-state index in [4.69, 9.17) is 9.47 Å². The van der Waals surface area contributed by atoms with Gasteiger partial charge in [0.15, 0.2) is 0 Å². The van der Waals surface area contributed by atoms with Gasteiger partial charge in [-0.25, -0.2) is 0 Å². The number of hydrogen-bond donors (Lipinski definition) is 2. The third-order valence-corrected chi connectivity index (χ3v) is 2.06. The van der Waals surface area contributed by atoms with Gasteiger partial charge in [0.25, 0.3) is 0 Å². The Morgan fingerprint density at radius 2 is 2.57 bits per heavy atom. The van der Waals surface area contributed by atoms with Gasteiger partial charge < -0.3 is 20.1 Å². The van der Waals surface area contributed by atoms with E-state index in [1.807, 2.05) is 0 Å². The maximum absolute atomic E-state index is 11.5. The van der Waals surface area contributed by atoms with Gasteiger partial charge in [0.05, 0.1) is 13.2 Å². The third kappa shape index (κ3) is 4.04. The molecule has 5 nitrogen and oxygen atoms in total. The Bertz CT molecular complexity index is 169.